The Morgan fingerprint density at radius 2 is 0.789 bits per heavy atom. The van der Waals surface area contributed by atoms with E-state index in [1.165, 1.54) is 33.7 Å². The molecule has 0 aliphatic rings. The number of anilines is 2. The summed E-state index contributed by atoms with van der Waals surface area (Å²) in [6, 6.07) is 27.0. The Kier molecular flexibility index (Phi) is 8.47. The lowest BCUT2D eigenvalue weighted by atomic mass is 10.1. The molecule has 0 aromatic heterocycles. The van der Waals surface area contributed by atoms with Crippen LogP contribution in [0.1, 0.15) is 41.4 Å². The fourth-order valence-corrected chi connectivity index (χ4v) is 5.90. The van der Waals surface area contributed by atoms with Gasteiger partial charge < -0.3 is 22.1 Å². The maximum atomic E-state index is 13.1. The Bertz CT molecular complexity index is 1430. The number of nitrogens with two attached hydrogens (primary N) is 2. The summed E-state index contributed by atoms with van der Waals surface area (Å²) in [5.74, 6) is -2.10. The SMILES string of the molecule is NC(=O)c1ccccc1NC(=O)c1ccccc1SSc1ccccc1C(=O)Nc1ccccc1C(N)=O. The van der Waals surface area contributed by atoms with Gasteiger partial charge in [-0.15, -0.1) is 0 Å². The van der Waals surface area contributed by atoms with Gasteiger partial charge in [0.2, 0.25) is 0 Å². The van der Waals surface area contributed by atoms with Crippen molar-refractivity contribution in [3.05, 3.63) is 119 Å². The van der Waals surface area contributed by atoms with Gasteiger partial charge in [0.05, 0.1) is 33.6 Å². The first kappa shape index (κ1) is 26.5. The Morgan fingerprint density at radius 1 is 0.474 bits per heavy atom. The molecule has 0 aliphatic carbocycles. The quantitative estimate of drug-likeness (QED) is 0.214. The molecular weight excluding hydrogens is 520 g/mol. The van der Waals surface area contributed by atoms with Gasteiger partial charge in [-0.05, 0) is 48.5 Å². The number of rotatable bonds is 9. The number of carbonyl (C=O) groups is 4. The summed E-state index contributed by atoms with van der Waals surface area (Å²) in [5, 5.41) is 5.51. The van der Waals surface area contributed by atoms with Crippen LogP contribution in [0.15, 0.2) is 107 Å². The predicted octanol–water partition coefficient (Wildman–Crippen LogP) is 5.19. The van der Waals surface area contributed by atoms with E-state index in [1.807, 2.05) is 0 Å². The maximum absolute atomic E-state index is 13.1. The zero-order valence-electron chi connectivity index (χ0n) is 19.8. The van der Waals surface area contributed by atoms with Crippen LogP contribution in [0.2, 0.25) is 0 Å². The molecule has 0 bridgehead atoms. The van der Waals surface area contributed by atoms with E-state index in [1.54, 1.807) is 84.9 Å². The molecule has 4 aromatic carbocycles. The van der Waals surface area contributed by atoms with Gasteiger partial charge in [-0.2, -0.15) is 0 Å². The first-order chi connectivity index (χ1) is 18.3. The van der Waals surface area contributed by atoms with Crippen molar-refractivity contribution in [2.24, 2.45) is 11.5 Å². The molecule has 0 fully saturated rings. The van der Waals surface area contributed by atoms with E-state index in [2.05, 4.69) is 10.6 Å². The van der Waals surface area contributed by atoms with Crippen LogP contribution in [0.4, 0.5) is 11.4 Å². The van der Waals surface area contributed by atoms with E-state index in [0.29, 0.717) is 32.3 Å². The Hall–Kier alpha value is -4.54. The average molecular weight is 543 g/mol. The molecule has 4 amide bonds. The van der Waals surface area contributed by atoms with E-state index < -0.39 is 23.6 Å². The molecule has 4 aromatic rings. The summed E-state index contributed by atoms with van der Waals surface area (Å²) >= 11 is 0. The third-order valence-corrected chi connectivity index (χ3v) is 7.85. The number of primary amides is 2. The molecule has 0 unspecified atom stereocenters. The molecule has 6 N–H and O–H groups in total. The zero-order valence-corrected chi connectivity index (χ0v) is 21.5. The van der Waals surface area contributed by atoms with Crippen LogP contribution in [0.25, 0.3) is 0 Å². The summed E-state index contributed by atoms with van der Waals surface area (Å²) in [6.45, 7) is 0. The largest absolute Gasteiger partial charge is 0.366 e. The van der Waals surface area contributed by atoms with Crippen molar-refractivity contribution in [2.45, 2.75) is 9.79 Å². The molecule has 38 heavy (non-hydrogen) atoms. The Balaban J connectivity index is 1.53. The first-order valence-corrected chi connectivity index (χ1v) is 13.4. The van der Waals surface area contributed by atoms with E-state index in [-0.39, 0.29) is 11.1 Å². The minimum absolute atomic E-state index is 0.207. The smallest absolute Gasteiger partial charge is 0.256 e. The van der Waals surface area contributed by atoms with Gasteiger partial charge >= 0.3 is 0 Å². The second kappa shape index (κ2) is 12.1. The second-order valence-corrected chi connectivity index (χ2v) is 10.1. The van der Waals surface area contributed by atoms with Crippen LogP contribution in [0.5, 0.6) is 0 Å². The number of carbonyl (C=O) groups excluding carboxylic acids is 4. The minimum atomic E-state index is -0.646. The third kappa shape index (κ3) is 6.23. The average Bonchev–Trinajstić information content (AvgIpc) is 2.92. The molecule has 10 heteroatoms. The van der Waals surface area contributed by atoms with Crippen LogP contribution < -0.4 is 22.1 Å². The van der Waals surface area contributed by atoms with Crippen molar-refractivity contribution in [2.75, 3.05) is 10.6 Å². The summed E-state index contributed by atoms with van der Waals surface area (Å²) in [7, 11) is 2.61. The highest BCUT2D eigenvalue weighted by Crippen LogP contribution is 2.41. The van der Waals surface area contributed by atoms with Crippen molar-refractivity contribution in [1.29, 1.82) is 0 Å². The van der Waals surface area contributed by atoms with Crippen molar-refractivity contribution in [3.8, 4) is 0 Å². The lowest BCUT2D eigenvalue weighted by molar-refractivity contribution is 0.0990. The molecule has 4 rings (SSSR count). The molecule has 0 saturated heterocycles. The fraction of sp³-hybridized carbons (Fsp3) is 0. The highest BCUT2D eigenvalue weighted by molar-refractivity contribution is 8.76. The number of hydrogen-bond acceptors (Lipinski definition) is 6. The van der Waals surface area contributed by atoms with E-state index in [9.17, 15) is 19.2 Å². The molecule has 0 radical (unpaired) electrons. The van der Waals surface area contributed by atoms with Crippen molar-refractivity contribution in [1.82, 2.24) is 0 Å². The van der Waals surface area contributed by atoms with Gasteiger partial charge in [0, 0.05) is 9.79 Å². The molecule has 0 heterocycles. The van der Waals surface area contributed by atoms with Gasteiger partial charge in [-0.25, -0.2) is 0 Å². The minimum Gasteiger partial charge on any atom is -0.366 e. The molecular formula is C28H22N4O4S2. The lowest BCUT2D eigenvalue weighted by Gasteiger charge is -2.13. The number of para-hydroxylation sites is 2. The normalized spacial score (nSPS) is 10.4. The van der Waals surface area contributed by atoms with E-state index in [0.717, 1.165) is 0 Å². The van der Waals surface area contributed by atoms with Gasteiger partial charge in [-0.3, -0.25) is 19.2 Å². The van der Waals surface area contributed by atoms with Crippen LogP contribution >= 0.6 is 21.6 Å². The van der Waals surface area contributed by atoms with Crippen molar-refractivity contribution in [3.63, 3.8) is 0 Å². The third-order valence-electron chi connectivity index (χ3n) is 5.37. The van der Waals surface area contributed by atoms with Crippen molar-refractivity contribution >= 4 is 56.6 Å². The summed E-state index contributed by atoms with van der Waals surface area (Å²) in [6.07, 6.45) is 0. The summed E-state index contributed by atoms with van der Waals surface area (Å²) < 4.78 is 0. The number of nitrogens with one attached hydrogen (secondary N) is 2. The number of amides is 4. The van der Waals surface area contributed by atoms with Gasteiger partial charge in [0.15, 0.2) is 0 Å². The molecule has 190 valence electrons. The Morgan fingerprint density at radius 3 is 1.16 bits per heavy atom. The maximum Gasteiger partial charge on any atom is 0.256 e. The number of hydrogen-bond donors (Lipinski definition) is 4. The molecule has 0 spiro atoms. The zero-order chi connectivity index (χ0) is 27.1. The van der Waals surface area contributed by atoms with Crippen LogP contribution in [0.3, 0.4) is 0 Å². The van der Waals surface area contributed by atoms with Crippen LogP contribution in [-0.2, 0) is 0 Å². The fourth-order valence-electron chi connectivity index (χ4n) is 3.54. The second-order valence-electron chi connectivity index (χ2n) is 7.89. The predicted molar refractivity (Wildman–Crippen MR) is 150 cm³/mol. The molecule has 0 atom stereocenters. The standard InChI is InChI=1S/C28H22N4O4S2/c29-25(33)17-9-1-5-13-21(17)31-27(35)19-11-3-7-15-23(19)37-38-24-16-8-4-12-20(24)28(36)32-22-14-6-2-10-18(22)26(30)34/h1-16H,(H2,29,33)(H2,30,34)(H,31,35)(H,32,36). The Labute approximate surface area is 226 Å². The van der Waals surface area contributed by atoms with Crippen LogP contribution in [0, 0.1) is 0 Å². The highest BCUT2D eigenvalue weighted by Gasteiger charge is 2.18. The summed E-state index contributed by atoms with van der Waals surface area (Å²) in [5.41, 5.74) is 12.7. The van der Waals surface area contributed by atoms with Crippen LogP contribution in [-0.4, -0.2) is 23.6 Å². The molecule has 0 aliphatic heterocycles. The topological polar surface area (TPSA) is 144 Å². The summed E-state index contributed by atoms with van der Waals surface area (Å²) in [4.78, 5) is 51.0. The van der Waals surface area contributed by atoms with Crippen molar-refractivity contribution < 1.29 is 19.2 Å². The lowest BCUT2D eigenvalue weighted by Crippen LogP contribution is -2.18. The van der Waals surface area contributed by atoms with Gasteiger partial charge in [-0.1, -0.05) is 70.1 Å². The monoisotopic (exact) mass is 542 g/mol. The van der Waals surface area contributed by atoms with E-state index in [4.69, 9.17) is 11.5 Å². The van der Waals surface area contributed by atoms with E-state index >= 15 is 0 Å². The molecule has 8 nitrogen and oxygen atoms in total. The van der Waals surface area contributed by atoms with Gasteiger partial charge in [0.25, 0.3) is 23.6 Å². The first-order valence-electron chi connectivity index (χ1n) is 11.3. The molecule has 0 saturated carbocycles. The highest BCUT2D eigenvalue weighted by atomic mass is 33.1. The van der Waals surface area contributed by atoms with Gasteiger partial charge in [0.1, 0.15) is 0 Å². The number of benzene rings is 4.